The van der Waals surface area contributed by atoms with Crippen LogP contribution in [0.1, 0.15) is 48.5 Å². The maximum absolute atomic E-state index is 12.6. The zero-order chi connectivity index (χ0) is 22.4. The standard InChI is InChI=1S/C23H22N2O5S/c1-23(2,3)30-22(28)25-21-24-17(14-31-21)18(26)20(27)29-19(15-10-6-4-7-11-15)16-12-8-5-9-13-16/h4-14,19H,1-3H3,(H,24,25,28). The molecule has 3 aromatic rings. The van der Waals surface area contributed by atoms with Crippen LogP contribution in [0.2, 0.25) is 0 Å². The van der Waals surface area contributed by atoms with Crippen molar-refractivity contribution in [1.29, 1.82) is 0 Å². The van der Waals surface area contributed by atoms with E-state index in [4.69, 9.17) is 9.47 Å². The summed E-state index contributed by atoms with van der Waals surface area (Å²) in [5.41, 5.74) is 0.690. The lowest BCUT2D eigenvalue weighted by molar-refractivity contribution is -0.141. The molecule has 1 heterocycles. The first-order chi connectivity index (χ1) is 14.7. The number of ether oxygens (including phenoxy) is 2. The maximum Gasteiger partial charge on any atom is 0.413 e. The van der Waals surface area contributed by atoms with E-state index in [1.165, 1.54) is 5.38 Å². The number of carbonyl (C=O) groups excluding carboxylic acids is 3. The normalized spacial score (nSPS) is 11.1. The van der Waals surface area contributed by atoms with Crippen LogP contribution in [0.3, 0.4) is 0 Å². The Bertz CT molecular complexity index is 1020. The number of Topliss-reactive ketones (excluding diaryl/α,β-unsaturated/α-hetero) is 1. The molecule has 0 radical (unpaired) electrons. The third-order valence-electron chi connectivity index (χ3n) is 3.96. The Morgan fingerprint density at radius 2 is 1.48 bits per heavy atom. The summed E-state index contributed by atoms with van der Waals surface area (Å²) in [5, 5.41) is 3.98. The van der Waals surface area contributed by atoms with Crippen molar-refractivity contribution in [3.8, 4) is 0 Å². The molecular weight excluding hydrogens is 416 g/mol. The van der Waals surface area contributed by atoms with Crippen molar-refractivity contribution >= 4 is 34.3 Å². The Labute approximate surface area is 184 Å². The minimum absolute atomic E-state index is 0.110. The fourth-order valence-corrected chi connectivity index (χ4v) is 3.35. The molecule has 3 rings (SSSR count). The van der Waals surface area contributed by atoms with E-state index in [0.717, 1.165) is 22.5 Å². The Balaban J connectivity index is 1.72. The number of nitrogens with zero attached hydrogens (tertiary/aromatic N) is 1. The van der Waals surface area contributed by atoms with Crippen molar-refractivity contribution in [1.82, 2.24) is 4.98 Å². The molecule has 0 fully saturated rings. The van der Waals surface area contributed by atoms with E-state index in [1.807, 2.05) is 60.7 Å². The molecule has 0 bridgehead atoms. The van der Waals surface area contributed by atoms with Gasteiger partial charge in [0.2, 0.25) is 0 Å². The van der Waals surface area contributed by atoms with E-state index in [-0.39, 0.29) is 10.8 Å². The third kappa shape index (κ3) is 6.23. The summed E-state index contributed by atoms with van der Waals surface area (Å²) in [7, 11) is 0. The number of hydrogen-bond acceptors (Lipinski definition) is 7. The van der Waals surface area contributed by atoms with Gasteiger partial charge in [0.15, 0.2) is 11.2 Å². The summed E-state index contributed by atoms with van der Waals surface area (Å²) in [6.45, 7) is 5.19. The average Bonchev–Trinajstić information content (AvgIpc) is 3.19. The zero-order valence-electron chi connectivity index (χ0n) is 17.3. The van der Waals surface area contributed by atoms with Gasteiger partial charge in [0.25, 0.3) is 5.78 Å². The minimum atomic E-state index is -1.04. The van der Waals surface area contributed by atoms with Crippen molar-refractivity contribution in [2.24, 2.45) is 0 Å². The van der Waals surface area contributed by atoms with Crippen LogP contribution >= 0.6 is 11.3 Å². The van der Waals surface area contributed by atoms with Gasteiger partial charge in [-0.25, -0.2) is 14.6 Å². The molecule has 31 heavy (non-hydrogen) atoms. The number of thiazole rings is 1. The summed E-state index contributed by atoms with van der Waals surface area (Å²) in [6, 6.07) is 18.3. The van der Waals surface area contributed by atoms with Crippen molar-refractivity contribution < 1.29 is 23.9 Å². The number of anilines is 1. The molecule has 8 heteroatoms. The minimum Gasteiger partial charge on any atom is -0.447 e. The number of nitrogens with one attached hydrogen (secondary N) is 1. The summed E-state index contributed by atoms with van der Waals surface area (Å²) in [6.07, 6.45) is -1.44. The SMILES string of the molecule is CC(C)(C)OC(=O)Nc1nc(C(=O)C(=O)OC(c2ccccc2)c2ccccc2)cs1. The highest BCUT2D eigenvalue weighted by atomic mass is 32.1. The molecule has 1 amide bonds. The summed E-state index contributed by atoms with van der Waals surface area (Å²) >= 11 is 1.01. The molecule has 0 saturated carbocycles. The molecule has 160 valence electrons. The molecule has 2 aromatic carbocycles. The lowest BCUT2D eigenvalue weighted by Gasteiger charge is -2.19. The number of benzene rings is 2. The van der Waals surface area contributed by atoms with Crippen LogP contribution in [0.15, 0.2) is 66.0 Å². The Morgan fingerprint density at radius 3 is 2.00 bits per heavy atom. The van der Waals surface area contributed by atoms with E-state index in [1.54, 1.807) is 20.8 Å². The largest absolute Gasteiger partial charge is 0.447 e. The average molecular weight is 439 g/mol. The molecule has 0 saturated heterocycles. The topological polar surface area (TPSA) is 94.6 Å². The molecule has 0 aliphatic carbocycles. The molecule has 7 nitrogen and oxygen atoms in total. The number of rotatable bonds is 6. The second-order valence-electron chi connectivity index (χ2n) is 7.60. The fraction of sp³-hybridized carbons (Fsp3) is 0.217. The second-order valence-corrected chi connectivity index (χ2v) is 8.46. The smallest absolute Gasteiger partial charge is 0.413 e. The summed E-state index contributed by atoms with van der Waals surface area (Å²) in [4.78, 5) is 41.1. The number of hydrogen-bond donors (Lipinski definition) is 1. The van der Waals surface area contributed by atoms with Gasteiger partial charge in [-0.3, -0.25) is 10.1 Å². The monoisotopic (exact) mass is 438 g/mol. The predicted molar refractivity (Wildman–Crippen MR) is 117 cm³/mol. The zero-order valence-corrected chi connectivity index (χ0v) is 18.1. The highest BCUT2D eigenvalue weighted by molar-refractivity contribution is 7.14. The van der Waals surface area contributed by atoms with E-state index in [2.05, 4.69) is 10.3 Å². The first-order valence-electron chi connectivity index (χ1n) is 9.53. The van der Waals surface area contributed by atoms with Crippen LogP contribution < -0.4 is 5.32 Å². The molecule has 1 aromatic heterocycles. The predicted octanol–water partition coefficient (Wildman–Crippen LogP) is 5.01. The van der Waals surface area contributed by atoms with Gasteiger partial charge in [-0.2, -0.15) is 0 Å². The number of carbonyl (C=O) groups is 3. The van der Waals surface area contributed by atoms with Crippen LogP contribution in [0.25, 0.3) is 0 Å². The van der Waals surface area contributed by atoms with E-state index in [9.17, 15) is 14.4 Å². The molecule has 0 atom stereocenters. The van der Waals surface area contributed by atoms with Crippen molar-refractivity contribution in [3.05, 3.63) is 82.9 Å². The second kappa shape index (κ2) is 9.53. The van der Waals surface area contributed by atoms with Gasteiger partial charge in [-0.15, -0.1) is 11.3 Å². The summed E-state index contributed by atoms with van der Waals surface area (Å²) < 4.78 is 10.7. The van der Waals surface area contributed by atoms with Gasteiger partial charge in [0.1, 0.15) is 11.3 Å². The quantitative estimate of drug-likeness (QED) is 0.330. The van der Waals surface area contributed by atoms with Gasteiger partial charge in [0, 0.05) is 5.38 Å². The first-order valence-corrected chi connectivity index (χ1v) is 10.4. The number of amides is 1. The van der Waals surface area contributed by atoms with Gasteiger partial charge < -0.3 is 9.47 Å². The van der Waals surface area contributed by atoms with Gasteiger partial charge in [-0.1, -0.05) is 60.7 Å². The molecule has 0 aliphatic heterocycles. The molecule has 0 unspecified atom stereocenters. The van der Waals surface area contributed by atoms with Crippen LogP contribution in [0.4, 0.5) is 9.93 Å². The fourth-order valence-electron chi connectivity index (χ4n) is 2.68. The molecular formula is C23H22N2O5S. The third-order valence-corrected chi connectivity index (χ3v) is 4.72. The van der Waals surface area contributed by atoms with Crippen molar-refractivity contribution in [3.63, 3.8) is 0 Å². The van der Waals surface area contributed by atoms with Gasteiger partial charge in [0.05, 0.1) is 0 Å². The van der Waals surface area contributed by atoms with Gasteiger partial charge >= 0.3 is 12.1 Å². The van der Waals surface area contributed by atoms with Crippen LogP contribution in [0.5, 0.6) is 0 Å². The maximum atomic E-state index is 12.6. The number of esters is 1. The first kappa shape index (κ1) is 22.2. The molecule has 0 aliphatic rings. The van der Waals surface area contributed by atoms with Gasteiger partial charge in [-0.05, 0) is 31.9 Å². The van der Waals surface area contributed by atoms with Crippen molar-refractivity contribution in [2.75, 3.05) is 5.32 Å². The van der Waals surface area contributed by atoms with E-state index in [0.29, 0.717) is 0 Å². The molecule has 1 N–H and O–H groups in total. The van der Waals surface area contributed by atoms with Crippen LogP contribution in [-0.4, -0.2) is 28.4 Å². The molecule has 0 spiro atoms. The highest BCUT2D eigenvalue weighted by Gasteiger charge is 2.27. The number of aromatic nitrogens is 1. The van der Waals surface area contributed by atoms with E-state index < -0.39 is 29.6 Å². The Kier molecular flexibility index (Phi) is 6.81. The van der Waals surface area contributed by atoms with E-state index >= 15 is 0 Å². The lowest BCUT2D eigenvalue weighted by Crippen LogP contribution is -2.27. The lowest BCUT2D eigenvalue weighted by atomic mass is 10.0. The van der Waals surface area contributed by atoms with Crippen molar-refractivity contribution in [2.45, 2.75) is 32.5 Å². The van der Waals surface area contributed by atoms with Crippen LogP contribution in [0, 0.1) is 0 Å². The highest BCUT2D eigenvalue weighted by Crippen LogP contribution is 2.27. The Hall–Kier alpha value is -3.52. The summed E-state index contributed by atoms with van der Waals surface area (Å²) in [5.74, 6) is -1.93. The Morgan fingerprint density at radius 1 is 0.935 bits per heavy atom. The van der Waals surface area contributed by atoms with Crippen LogP contribution in [-0.2, 0) is 14.3 Å². The number of ketones is 1.